The quantitative estimate of drug-likeness (QED) is 0.815. The monoisotopic (exact) mass is 382 g/mol. The fourth-order valence-electron chi connectivity index (χ4n) is 4.62. The molecule has 7 nitrogen and oxygen atoms in total. The Bertz CT molecular complexity index is 860. The van der Waals surface area contributed by atoms with Gasteiger partial charge in [0.25, 0.3) is 5.91 Å². The Hall–Kier alpha value is -2.70. The van der Waals surface area contributed by atoms with Gasteiger partial charge in [-0.2, -0.15) is 0 Å². The number of hydrogen-bond donors (Lipinski definition) is 0. The normalized spacial score (nSPS) is 22.7. The Morgan fingerprint density at radius 1 is 1.21 bits per heavy atom. The van der Waals surface area contributed by atoms with Gasteiger partial charge in [-0.05, 0) is 50.8 Å². The third-order valence-electron chi connectivity index (χ3n) is 6.07. The van der Waals surface area contributed by atoms with E-state index >= 15 is 0 Å². The van der Waals surface area contributed by atoms with E-state index in [0.29, 0.717) is 43.1 Å². The number of likely N-dealkylation sites (tertiary alicyclic amines) is 2. The lowest BCUT2D eigenvalue weighted by atomic mass is 9.73. The zero-order valence-electron chi connectivity index (χ0n) is 16.5. The van der Waals surface area contributed by atoms with Crippen LogP contribution in [0.3, 0.4) is 0 Å². The molecule has 2 aromatic rings. The van der Waals surface area contributed by atoms with Crippen LogP contribution in [-0.2, 0) is 11.3 Å². The molecule has 2 aliphatic heterocycles. The van der Waals surface area contributed by atoms with Crippen molar-refractivity contribution in [1.82, 2.24) is 19.9 Å². The highest BCUT2D eigenvalue weighted by atomic mass is 16.5. The molecule has 2 aromatic heterocycles. The Balaban J connectivity index is 1.51. The molecule has 28 heavy (non-hydrogen) atoms. The molecule has 2 saturated heterocycles. The number of aryl methyl sites for hydroxylation is 2. The molecule has 0 unspecified atom stereocenters. The molecule has 2 amide bonds. The smallest absolute Gasteiger partial charge is 0.259 e. The van der Waals surface area contributed by atoms with Crippen LogP contribution in [-0.4, -0.2) is 51.4 Å². The number of hydrogen-bond acceptors (Lipinski definition) is 5. The Labute approximate surface area is 164 Å². The molecule has 4 heterocycles. The number of aromatic nitrogens is 2. The van der Waals surface area contributed by atoms with Gasteiger partial charge < -0.3 is 14.3 Å². The summed E-state index contributed by atoms with van der Waals surface area (Å²) in [4.78, 5) is 33.6. The van der Waals surface area contributed by atoms with Crippen LogP contribution < -0.4 is 0 Å². The highest BCUT2D eigenvalue weighted by Crippen LogP contribution is 2.40. The van der Waals surface area contributed by atoms with Crippen LogP contribution in [0, 0.1) is 19.3 Å². The van der Waals surface area contributed by atoms with Gasteiger partial charge in [0.15, 0.2) is 0 Å². The average molecular weight is 382 g/mol. The number of rotatable bonds is 3. The summed E-state index contributed by atoms with van der Waals surface area (Å²) in [5, 5.41) is 3.92. The van der Waals surface area contributed by atoms with Gasteiger partial charge in [-0.1, -0.05) is 5.16 Å². The Kier molecular flexibility index (Phi) is 4.91. The van der Waals surface area contributed by atoms with E-state index in [9.17, 15) is 9.59 Å². The van der Waals surface area contributed by atoms with E-state index in [-0.39, 0.29) is 17.2 Å². The molecule has 2 fully saturated rings. The van der Waals surface area contributed by atoms with E-state index in [1.54, 1.807) is 26.2 Å². The van der Waals surface area contributed by atoms with Crippen molar-refractivity contribution in [3.8, 4) is 0 Å². The fourth-order valence-corrected chi connectivity index (χ4v) is 4.62. The van der Waals surface area contributed by atoms with Gasteiger partial charge in [-0.3, -0.25) is 14.6 Å². The summed E-state index contributed by atoms with van der Waals surface area (Å²) < 4.78 is 5.19. The summed E-state index contributed by atoms with van der Waals surface area (Å²) >= 11 is 0. The first-order valence-electron chi connectivity index (χ1n) is 9.86. The lowest BCUT2D eigenvalue weighted by Crippen LogP contribution is -2.54. The Morgan fingerprint density at radius 2 is 2.00 bits per heavy atom. The molecule has 148 valence electrons. The lowest BCUT2D eigenvalue weighted by Gasteiger charge is -2.48. The van der Waals surface area contributed by atoms with E-state index in [1.807, 2.05) is 21.9 Å². The van der Waals surface area contributed by atoms with E-state index in [4.69, 9.17) is 4.52 Å². The third kappa shape index (κ3) is 3.53. The van der Waals surface area contributed by atoms with Crippen LogP contribution in [0.25, 0.3) is 0 Å². The molecular weight excluding hydrogens is 356 g/mol. The van der Waals surface area contributed by atoms with Crippen LogP contribution in [0.15, 0.2) is 29.0 Å². The maximum absolute atomic E-state index is 13.1. The van der Waals surface area contributed by atoms with E-state index < -0.39 is 0 Å². The number of nitrogens with zero attached hydrogens (tertiary/aromatic N) is 4. The topological polar surface area (TPSA) is 79.5 Å². The molecule has 4 rings (SSSR count). The fraction of sp³-hybridized carbons (Fsp3) is 0.524. The number of piperidine rings is 2. The maximum Gasteiger partial charge on any atom is 0.259 e. The van der Waals surface area contributed by atoms with E-state index in [1.165, 1.54) is 0 Å². The first kappa shape index (κ1) is 18.7. The summed E-state index contributed by atoms with van der Waals surface area (Å²) in [6.07, 6.45) is 6.88. The number of carbonyl (C=O) groups excluding carboxylic acids is 2. The predicted octanol–water partition coefficient (Wildman–Crippen LogP) is 2.73. The van der Waals surface area contributed by atoms with Crippen molar-refractivity contribution in [3.05, 3.63) is 47.1 Å². The molecule has 1 spiro atoms. The molecule has 7 heteroatoms. The second-order valence-electron chi connectivity index (χ2n) is 8.13. The SMILES string of the molecule is Cc1noc(C)c1C(=O)N1CCC[C@@]2(CCC(=O)N(Cc3ccncc3)C2)C1. The first-order chi connectivity index (χ1) is 13.5. The van der Waals surface area contributed by atoms with Crippen molar-refractivity contribution in [2.24, 2.45) is 5.41 Å². The van der Waals surface area contributed by atoms with Gasteiger partial charge >= 0.3 is 0 Å². The second-order valence-corrected chi connectivity index (χ2v) is 8.13. The first-order valence-corrected chi connectivity index (χ1v) is 9.86. The van der Waals surface area contributed by atoms with Gasteiger partial charge in [-0.15, -0.1) is 0 Å². The minimum absolute atomic E-state index is 0.00657. The summed E-state index contributed by atoms with van der Waals surface area (Å²) in [5.41, 5.74) is 2.27. The summed E-state index contributed by atoms with van der Waals surface area (Å²) in [6.45, 7) is 6.29. The van der Waals surface area contributed by atoms with Crippen molar-refractivity contribution in [3.63, 3.8) is 0 Å². The molecule has 0 saturated carbocycles. The molecule has 0 aromatic carbocycles. The average Bonchev–Trinajstić information content (AvgIpc) is 3.03. The van der Waals surface area contributed by atoms with Gasteiger partial charge in [-0.25, -0.2) is 0 Å². The van der Waals surface area contributed by atoms with Crippen molar-refractivity contribution in [2.75, 3.05) is 19.6 Å². The maximum atomic E-state index is 13.1. The highest BCUT2D eigenvalue weighted by molar-refractivity contribution is 5.96. The standard InChI is InChI=1S/C21H26N4O3/c1-15-19(16(2)28-23-15)20(27)24-11-3-7-21(13-24)8-4-18(26)25(14-21)12-17-5-9-22-10-6-17/h5-6,9-10H,3-4,7-8,11-14H2,1-2H3/t21-/m1/s1. The highest BCUT2D eigenvalue weighted by Gasteiger charge is 2.43. The van der Waals surface area contributed by atoms with Gasteiger partial charge in [0.2, 0.25) is 5.91 Å². The zero-order valence-corrected chi connectivity index (χ0v) is 16.5. The van der Waals surface area contributed by atoms with Crippen molar-refractivity contribution in [2.45, 2.75) is 46.1 Å². The van der Waals surface area contributed by atoms with E-state index in [0.717, 1.165) is 31.4 Å². The molecule has 0 N–H and O–H groups in total. The van der Waals surface area contributed by atoms with Crippen LogP contribution in [0.2, 0.25) is 0 Å². The number of amides is 2. The summed E-state index contributed by atoms with van der Waals surface area (Å²) in [7, 11) is 0. The molecule has 2 aliphatic rings. The zero-order chi connectivity index (χ0) is 19.7. The van der Waals surface area contributed by atoms with Gasteiger partial charge in [0.1, 0.15) is 11.3 Å². The van der Waals surface area contributed by atoms with E-state index in [2.05, 4.69) is 10.1 Å². The molecule has 0 bridgehead atoms. The molecule has 1 atom stereocenters. The van der Waals surface area contributed by atoms with Crippen LogP contribution in [0.5, 0.6) is 0 Å². The minimum atomic E-state index is -0.0339. The summed E-state index contributed by atoms with van der Waals surface area (Å²) in [5.74, 6) is 0.754. The number of carbonyl (C=O) groups is 2. The Morgan fingerprint density at radius 3 is 2.71 bits per heavy atom. The van der Waals surface area contributed by atoms with Crippen LogP contribution in [0.4, 0.5) is 0 Å². The largest absolute Gasteiger partial charge is 0.361 e. The van der Waals surface area contributed by atoms with Crippen LogP contribution in [0.1, 0.15) is 53.1 Å². The van der Waals surface area contributed by atoms with Crippen molar-refractivity contribution in [1.29, 1.82) is 0 Å². The van der Waals surface area contributed by atoms with Crippen LogP contribution >= 0.6 is 0 Å². The predicted molar refractivity (Wildman–Crippen MR) is 102 cm³/mol. The number of pyridine rings is 1. The summed E-state index contributed by atoms with van der Waals surface area (Å²) in [6, 6.07) is 3.89. The lowest BCUT2D eigenvalue weighted by molar-refractivity contribution is -0.139. The van der Waals surface area contributed by atoms with Gasteiger partial charge in [0.05, 0.1) is 5.69 Å². The van der Waals surface area contributed by atoms with Crippen molar-refractivity contribution >= 4 is 11.8 Å². The second kappa shape index (κ2) is 7.37. The third-order valence-corrected chi connectivity index (χ3v) is 6.07. The van der Waals surface area contributed by atoms with Gasteiger partial charge in [0, 0.05) is 50.4 Å². The molecule has 0 aliphatic carbocycles. The molecule has 0 radical (unpaired) electrons. The van der Waals surface area contributed by atoms with Crippen molar-refractivity contribution < 1.29 is 14.1 Å². The minimum Gasteiger partial charge on any atom is -0.361 e. The molecular formula is C21H26N4O3.